The fraction of sp³-hybridized carbons (Fsp3) is 0.692. The quantitative estimate of drug-likeness (QED) is 0.638. The highest BCUT2D eigenvalue weighted by Crippen LogP contribution is 2.11. The molecule has 0 unspecified atom stereocenters. The van der Waals surface area contributed by atoms with Crippen molar-refractivity contribution in [3.8, 4) is 0 Å². The number of nitrogens with one attached hydrogen (secondary N) is 1. The molecule has 1 aromatic rings. The maximum absolute atomic E-state index is 5.51. The molecular weight excluding hydrogens is 218 g/mol. The second-order valence-corrected chi connectivity index (χ2v) is 3.80. The van der Waals surface area contributed by atoms with Gasteiger partial charge < -0.3 is 19.2 Å². The van der Waals surface area contributed by atoms with Crippen LogP contribution in [0.5, 0.6) is 0 Å². The van der Waals surface area contributed by atoms with Crippen LogP contribution in [0.25, 0.3) is 0 Å². The minimum Gasteiger partial charge on any atom is -0.468 e. The summed E-state index contributed by atoms with van der Waals surface area (Å²) in [6.07, 6.45) is 2.84. The summed E-state index contributed by atoms with van der Waals surface area (Å²) in [4.78, 5) is 0. The van der Waals surface area contributed by atoms with Crippen LogP contribution in [0.2, 0.25) is 0 Å². The van der Waals surface area contributed by atoms with E-state index < -0.39 is 0 Å². The maximum Gasteiger partial charge on any atom is 0.123 e. The summed E-state index contributed by atoms with van der Waals surface area (Å²) in [5.74, 6) is 0.967. The maximum atomic E-state index is 5.51. The van der Waals surface area contributed by atoms with Crippen LogP contribution in [0.4, 0.5) is 0 Å². The average Bonchev–Trinajstić information content (AvgIpc) is 2.77. The first kappa shape index (κ1) is 14.2. The normalized spacial score (nSPS) is 10.9. The van der Waals surface area contributed by atoms with Gasteiger partial charge in [-0.1, -0.05) is 6.92 Å². The Bertz CT molecular complexity index is 286. The molecule has 0 spiro atoms. The van der Waals surface area contributed by atoms with Gasteiger partial charge in [0, 0.05) is 12.2 Å². The van der Waals surface area contributed by atoms with Crippen molar-refractivity contribution >= 4 is 0 Å². The molecule has 0 aliphatic carbocycles. The second-order valence-electron chi connectivity index (χ2n) is 3.80. The molecule has 1 heterocycles. The van der Waals surface area contributed by atoms with Crippen LogP contribution in [0.15, 0.2) is 16.7 Å². The predicted molar refractivity (Wildman–Crippen MR) is 66.9 cm³/mol. The van der Waals surface area contributed by atoms with Gasteiger partial charge in [-0.2, -0.15) is 0 Å². The van der Waals surface area contributed by atoms with Gasteiger partial charge in [-0.25, -0.2) is 0 Å². The van der Waals surface area contributed by atoms with Gasteiger partial charge >= 0.3 is 0 Å². The molecule has 4 nitrogen and oxygen atoms in total. The lowest BCUT2D eigenvalue weighted by atomic mass is 10.2. The fourth-order valence-electron chi connectivity index (χ4n) is 1.47. The van der Waals surface area contributed by atoms with E-state index in [-0.39, 0.29) is 0 Å². The smallest absolute Gasteiger partial charge is 0.123 e. The van der Waals surface area contributed by atoms with Crippen molar-refractivity contribution < 1.29 is 13.9 Å². The van der Waals surface area contributed by atoms with Crippen molar-refractivity contribution in [2.24, 2.45) is 0 Å². The van der Waals surface area contributed by atoms with Crippen LogP contribution in [0.1, 0.15) is 31.6 Å². The van der Waals surface area contributed by atoms with Crippen LogP contribution in [0.3, 0.4) is 0 Å². The molecule has 1 N–H and O–H groups in total. The summed E-state index contributed by atoms with van der Waals surface area (Å²) < 4.78 is 16.1. The van der Waals surface area contributed by atoms with Crippen LogP contribution >= 0.6 is 0 Å². The van der Waals surface area contributed by atoms with Gasteiger partial charge in [0.05, 0.1) is 32.6 Å². The van der Waals surface area contributed by atoms with Gasteiger partial charge in [0.1, 0.15) is 5.76 Å². The molecule has 4 heteroatoms. The van der Waals surface area contributed by atoms with E-state index in [0.29, 0.717) is 19.8 Å². The average molecular weight is 241 g/mol. The summed E-state index contributed by atoms with van der Waals surface area (Å²) in [5, 5.41) is 3.31. The molecule has 0 saturated heterocycles. The molecule has 0 aliphatic rings. The van der Waals surface area contributed by atoms with Gasteiger partial charge in [0.2, 0.25) is 0 Å². The van der Waals surface area contributed by atoms with Crippen molar-refractivity contribution in [2.45, 2.75) is 33.4 Å². The van der Waals surface area contributed by atoms with Crippen LogP contribution in [-0.4, -0.2) is 26.4 Å². The van der Waals surface area contributed by atoms with Crippen molar-refractivity contribution in [3.63, 3.8) is 0 Å². The third kappa shape index (κ3) is 5.86. The SMILES string of the molecule is CCCNCc1occc1COCCOCC. The molecule has 0 atom stereocenters. The van der Waals surface area contributed by atoms with E-state index in [0.717, 1.165) is 37.4 Å². The lowest BCUT2D eigenvalue weighted by molar-refractivity contribution is 0.0447. The molecule has 0 aliphatic heterocycles. The predicted octanol–water partition coefficient (Wildman–Crippen LogP) is 2.33. The largest absolute Gasteiger partial charge is 0.468 e. The summed E-state index contributed by atoms with van der Waals surface area (Å²) in [7, 11) is 0. The topological polar surface area (TPSA) is 43.6 Å². The van der Waals surface area contributed by atoms with Gasteiger partial charge in [-0.15, -0.1) is 0 Å². The van der Waals surface area contributed by atoms with Gasteiger partial charge in [0.25, 0.3) is 0 Å². The Morgan fingerprint density at radius 1 is 1.24 bits per heavy atom. The molecule has 0 bridgehead atoms. The fourth-order valence-corrected chi connectivity index (χ4v) is 1.47. The summed E-state index contributed by atoms with van der Waals surface area (Å²) in [6, 6.07) is 1.96. The molecule has 1 rings (SSSR count). The van der Waals surface area contributed by atoms with Gasteiger partial charge in [0.15, 0.2) is 0 Å². The van der Waals surface area contributed by atoms with E-state index in [4.69, 9.17) is 13.9 Å². The Labute approximate surface area is 103 Å². The van der Waals surface area contributed by atoms with E-state index in [9.17, 15) is 0 Å². The molecule has 17 heavy (non-hydrogen) atoms. The minimum absolute atomic E-state index is 0.590. The van der Waals surface area contributed by atoms with Gasteiger partial charge in [-0.05, 0) is 26.0 Å². The summed E-state index contributed by atoms with van der Waals surface area (Å²) in [5.41, 5.74) is 1.12. The zero-order valence-electron chi connectivity index (χ0n) is 10.8. The number of hydrogen-bond acceptors (Lipinski definition) is 4. The highest BCUT2D eigenvalue weighted by Gasteiger charge is 2.05. The van der Waals surface area contributed by atoms with Crippen LogP contribution in [0, 0.1) is 0 Å². The Morgan fingerprint density at radius 2 is 2.06 bits per heavy atom. The second kappa shape index (κ2) is 9.22. The zero-order chi connectivity index (χ0) is 12.3. The first-order valence-corrected chi connectivity index (χ1v) is 6.29. The third-order valence-corrected chi connectivity index (χ3v) is 2.38. The van der Waals surface area contributed by atoms with Gasteiger partial charge in [-0.3, -0.25) is 0 Å². The number of ether oxygens (including phenoxy) is 2. The van der Waals surface area contributed by atoms with Crippen molar-refractivity contribution in [3.05, 3.63) is 23.7 Å². The van der Waals surface area contributed by atoms with E-state index in [1.54, 1.807) is 6.26 Å². The molecule has 0 aromatic carbocycles. The molecule has 0 radical (unpaired) electrons. The van der Waals surface area contributed by atoms with Crippen molar-refractivity contribution in [1.82, 2.24) is 5.32 Å². The Hall–Kier alpha value is -0.840. The van der Waals surface area contributed by atoms with Crippen molar-refractivity contribution in [2.75, 3.05) is 26.4 Å². The van der Waals surface area contributed by atoms with E-state index in [2.05, 4.69) is 12.2 Å². The monoisotopic (exact) mass is 241 g/mol. The zero-order valence-corrected chi connectivity index (χ0v) is 10.8. The Morgan fingerprint density at radius 3 is 2.82 bits per heavy atom. The molecule has 1 aromatic heterocycles. The number of hydrogen-bond donors (Lipinski definition) is 1. The van der Waals surface area contributed by atoms with E-state index in [1.807, 2.05) is 13.0 Å². The molecular formula is C13H23NO3. The molecule has 0 amide bonds. The van der Waals surface area contributed by atoms with E-state index in [1.165, 1.54) is 0 Å². The Balaban J connectivity index is 2.20. The molecule has 98 valence electrons. The van der Waals surface area contributed by atoms with Crippen molar-refractivity contribution in [1.29, 1.82) is 0 Å². The van der Waals surface area contributed by atoms with E-state index >= 15 is 0 Å². The van der Waals surface area contributed by atoms with Crippen LogP contribution in [-0.2, 0) is 22.6 Å². The first-order valence-electron chi connectivity index (χ1n) is 6.29. The number of furan rings is 1. The third-order valence-electron chi connectivity index (χ3n) is 2.38. The molecule has 0 saturated carbocycles. The lowest BCUT2D eigenvalue weighted by Gasteiger charge is -2.05. The summed E-state index contributed by atoms with van der Waals surface area (Å²) >= 11 is 0. The lowest BCUT2D eigenvalue weighted by Crippen LogP contribution is -2.14. The number of rotatable bonds is 10. The minimum atomic E-state index is 0.590. The first-order chi connectivity index (χ1) is 8.38. The molecule has 0 fully saturated rings. The highest BCUT2D eigenvalue weighted by atomic mass is 16.5. The Kier molecular flexibility index (Phi) is 7.71. The van der Waals surface area contributed by atoms with Crippen LogP contribution < -0.4 is 5.32 Å². The highest BCUT2D eigenvalue weighted by molar-refractivity contribution is 5.15. The summed E-state index contributed by atoms with van der Waals surface area (Å²) in [6.45, 7) is 8.50. The standard InChI is InChI=1S/C13H23NO3/c1-3-6-14-10-13-12(5-7-17-13)11-16-9-8-15-4-2/h5,7,14H,3-4,6,8-11H2,1-2H3.